The Morgan fingerprint density at radius 2 is 1.78 bits per heavy atom. The molecule has 0 saturated carbocycles. The van der Waals surface area contributed by atoms with Crippen molar-refractivity contribution in [3.63, 3.8) is 0 Å². The molecule has 23 heavy (non-hydrogen) atoms. The minimum Gasteiger partial charge on any atom is -0.331 e. The Balaban J connectivity index is 1.90. The third kappa shape index (κ3) is 2.94. The number of nitrogens with zero attached hydrogens (tertiary/aromatic N) is 3. The normalized spacial score (nSPS) is 26.0. The molecule has 2 aliphatic rings. The average Bonchev–Trinajstić information content (AvgIpc) is 3.10. The van der Waals surface area contributed by atoms with Gasteiger partial charge in [0, 0.05) is 32.6 Å². The Kier molecular flexibility index (Phi) is 4.09. The lowest BCUT2D eigenvalue weighted by Gasteiger charge is -2.44. The van der Waals surface area contributed by atoms with Crippen molar-refractivity contribution in [1.29, 1.82) is 0 Å². The summed E-state index contributed by atoms with van der Waals surface area (Å²) in [6.45, 7) is 0.703. The Morgan fingerprint density at radius 3 is 2.35 bits per heavy atom. The molecule has 0 aliphatic carbocycles. The van der Waals surface area contributed by atoms with Crippen LogP contribution in [-0.2, 0) is 9.84 Å². The molecule has 3 rings (SSSR count). The molecule has 2 fully saturated rings. The number of thiophene rings is 1. The average molecular weight is 357 g/mol. The van der Waals surface area contributed by atoms with E-state index in [9.17, 15) is 18.0 Å². The van der Waals surface area contributed by atoms with Crippen molar-refractivity contribution >= 4 is 33.1 Å². The molecule has 0 spiro atoms. The quantitative estimate of drug-likeness (QED) is 0.727. The summed E-state index contributed by atoms with van der Waals surface area (Å²) in [6, 6.07) is 0.596. The number of carbonyl (C=O) groups is 2. The molecular formula is C14H19N3O4S2. The second-order valence-corrected chi connectivity index (χ2v) is 9.03. The Bertz CT molecular complexity index is 714. The molecular weight excluding hydrogens is 338 g/mol. The first-order valence-electron chi connectivity index (χ1n) is 7.31. The molecule has 1 aromatic heterocycles. The van der Waals surface area contributed by atoms with Gasteiger partial charge in [-0.15, -0.1) is 0 Å². The molecule has 3 heterocycles. The van der Waals surface area contributed by atoms with E-state index in [1.165, 1.54) is 16.2 Å². The lowest BCUT2D eigenvalue weighted by atomic mass is 10.0. The highest BCUT2D eigenvalue weighted by Crippen LogP contribution is 2.29. The number of urea groups is 1. The summed E-state index contributed by atoms with van der Waals surface area (Å²) in [5, 5.41) is 3.58. The Morgan fingerprint density at radius 1 is 1.17 bits per heavy atom. The minimum absolute atomic E-state index is 0.0786. The number of hydrogen-bond donors (Lipinski definition) is 0. The Labute approximate surface area is 139 Å². The fraction of sp³-hybridized carbons (Fsp3) is 0.571. The van der Waals surface area contributed by atoms with Gasteiger partial charge in [0.25, 0.3) is 5.91 Å². The monoisotopic (exact) mass is 357 g/mol. The van der Waals surface area contributed by atoms with Crippen LogP contribution in [0.4, 0.5) is 4.79 Å². The lowest BCUT2D eigenvalue weighted by molar-refractivity contribution is 0.0394. The number of fused-ring (bicyclic) bond motifs is 1. The topological polar surface area (TPSA) is 78.0 Å². The molecule has 0 N–H and O–H groups in total. The van der Waals surface area contributed by atoms with E-state index in [2.05, 4.69) is 0 Å². The van der Waals surface area contributed by atoms with Gasteiger partial charge in [-0.05, 0) is 11.4 Å². The summed E-state index contributed by atoms with van der Waals surface area (Å²) < 4.78 is 24.2. The van der Waals surface area contributed by atoms with Crippen LogP contribution in [0.3, 0.4) is 0 Å². The van der Waals surface area contributed by atoms with Gasteiger partial charge in [0.1, 0.15) is 0 Å². The molecule has 3 amide bonds. The Hall–Kier alpha value is -1.61. The smallest absolute Gasteiger partial charge is 0.319 e. The van der Waals surface area contributed by atoms with Gasteiger partial charge in [0.15, 0.2) is 9.84 Å². The number of amides is 3. The van der Waals surface area contributed by atoms with Gasteiger partial charge in [0.05, 0.1) is 29.2 Å². The van der Waals surface area contributed by atoms with Crippen LogP contribution in [-0.4, -0.2) is 85.8 Å². The van der Waals surface area contributed by atoms with Crippen LogP contribution in [0.15, 0.2) is 16.8 Å². The SMILES string of the molecule is CN(C)C(=O)N1CCN(C(=O)c2ccsc2)C2CS(=O)(=O)CC21. The number of rotatable bonds is 1. The van der Waals surface area contributed by atoms with E-state index in [1.54, 1.807) is 35.3 Å². The van der Waals surface area contributed by atoms with E-state index in [0.29, 0.717) is 18.7 Å². The standard InChI is InChI=1S/C14H19N3O4S2/c1-15(2)14(19)17-5-4-16(13(18)10-3-6-22-7-10)11-8-23(20,21)9-12(11)17/h3,6-7,11-12H,4-5,8-9H2,1-2H3. The van der Waals surface area contributed by atoms with Crippen LogP contribution in [0.1, 0.15) is 10.4 Å². The van der Waals surface area contributed by atoms with Crippen LogP contribution in [0.2, 0.25) is 0 Å². The zero-order valence-electron chi connectivity index (χ0n) is 13.0. The second-order valence-electron chi connectivity index (χ2n) is 6.09. The van der Waals surface area contributed by atoms with Crippen molar-refractivity contribution < 1.29 is 18.0 Å². The fourth-order valence-corrected chi connectivity index (χ4v) is 5.86. The zero-order valence-corrected chi connectivity index (χ0v) is 14.6. The van der Waals surface area contributed by atoms with Gasteiger partial charge in [-0.2, -0.15) is 11.3 Å². The maximum Gasteiger partial charge on any atom is 0.319 e. The van der Waals surface area contributed by atoms with Gasteiger partial charge in [-0.25, -0.2) is 13.2 Å². The van der Waals surface area contributed by atoms with E-state index in [4.69, 9.17) is 0 Å². The van der Waals surface area contributed by atoms with E-state index in [-0.39, 0.29) is 23.4 Å². The third-order valence-corrected chi connectivity index (χ3v) is 6.72. The number of hydrogen-bond acceptors (Lipinski definition) is 5. The van der Waals surface area contributed by atoms with Crippen LogP contribution in [0.25, 0.3) is 0 Å². The van der Waals surface area contributed by atoms with Gasteiger partial charge in [-0.1, -0.05) is 0 Å². The van der Waals surface area contributed by atoms with Crippen LogP contribution >= 0.6 is 11.3 Å². The first-order chi connectivity index (χ1) is 10.8. The van der Waals surface area contributed by atoms with Crippen LogP contribution < -0.4 is 0 Å². The van der Waals surface area contributed by atoms with Crippen molar-refractivity contribution in [2.24, 2.45) is 0 Å². The second kappa shape index (κ2) is 5.79. The van der Waals surface area contributed by atoms with Crippen molar-refractivity contribution in [2.75, 3.05) is 38.7 Å². The van der Waals surface area contributed by atoms with Crippen LogP contribution in [0, 0.1) is 0 Å². The molecule has 2 atom stereocenters. The molecule has 2 unspecified atom stereocenters. The van der Waals surface area contributed by atoms with Crippen molar-refractivity contribution in [3.8, 4) is 0 Å². The highest BCUT2D eigenvalue weighted by Gasteiger charge is 2.49. The number of sulfone groups is 1. The van der Waals surface area contributed by atoms with Crippen LogP contribution in [0.5, 0.6) is 0 Å². The first-order valence-corrected chi connectivity index (χ1v) is 10.1. The summed E-state index contributed by atoms with van der Waals surface area (Å²) in [6.07, 6.45) is 0. The van der Waals surface area contributed by atoms with Gasteiger partial charge in [-0.3, -0.25) is 4.79 Å². The summed E-state index contributed by atoms with van der Waals surface area (Å²) in [4.78, 5) is 29.6. The van der Waals surface area contributed by atoms with E-state index >= 15 is 0 Å². The first kappa shape index (κ1) is 16.3. The molecule has 2 saturated heterocycles. The molecule has 7 nitrogen and oxygen atoms in total. The minimum atomic E-state index is -3.26. The zero-order chi connectivity index (χ0) is 16.8. The molecule has 126 valence electrons. The van der Waals surface area contributed by atoms with E-state index < -0.39 is 21.9 Å². The summed E-state index contributed by atoms with van der Waals surface area (Å²) >= 11 is 1.43. The molecule has 0 aromatic carbocycles. The summed E-state index contributed by atoms with van der Waals surface area (Å²) in [7, 11) is 0.0252. The molecule has 2 aliphatic heterocycles. The van der Waals surface area contributed by atoms with Gasteiger partial charge >= 0.3 is 6.03 Å². The predicted molar refractivity (Wildman–Crippen MR) is 87.4 cm³/mol. The molecule has 0 bridgehead atoms. The molecule has 9 heteroatoms. The molecule has 1 aromatic rings. The third-order valence-electron chi connectivity index (χ3n) is 4.33. The van der Waals surface area contributed by atoms with Crippen molar-refractivity contribution in [2.45, 2.75) is 12.1 Å². The largest absolute Gasteiger partial charge is 0.331 e. The van der Waals surface area contributed by atoms with E-state index in [1.807, 2.05) is 5.38 Å². The number of piperazine rings is 1. The maximum absolute atomic E-state index is 12.6. The van der Waals surface area contributed by atoms with Gasteiger partial charge < -0.3 is 14.7 Å². The molecule has 0 radical (unpaired) electrons. The predicted octanol–water partition coefficient (Wildman–Crippen LogP) is 0.353. The van der Waals surface area contributed by atoms with Gasteiger partial charge in [0.2, 0.25) is 0 Å². The summed E-state index contributed by atoms with van der Waals surface area (Å²) in [5.41, 5.74) is 0.574. The maximum atomic E-state index is 12.6. The highest BCUT2D eigenvalue weighted by atomic mass is 32.2. The van der Waals surface area contributed by atoms with Crippen molar-refractivity contribution in [3.05, 3.63) is 22.4 Å². The van der Waals surface area contributed by atoms with E-state index in [0.717, 1.165) is 0 Å². The lowest BCUT2D eigenvalue weighted by Crippen LogP contribution is -2.63. The fourth-order valence-electron chi connectivity index (χ4n) is 3.25. The highest BCUT2D eigenvalue weighted by molar-refractivity contribution is 7.91. The van der Waals surface area contributed by atoms with Crippen molar-refractivity contribution in [1.82, 2.24) is 14.7 Å². The number of carbonyl (C=O) groups excluding carboxylic acids is 2. The summed E-state index contributed by atoms with van der Waals surface area (Å²) in [5.74, 6) is -0.314.